The minimum atomic E-state index is -0.261. The van der Waals surface area contributed by atoms with Crippen LogP contribution in [0.2, 0.25) is 0 Å². The third-order valence-corrected chi connectivity index (χ3v) is 5.26. The van der Waals surface area contributed by atoms with Crippen molar-refractivity contribution in [2.45, 2.75) is 45.6 Å². The zero-order valence-corrected chi connectivity index (χ0v) is 17.9. The number of hydrogen-bond acceptors (Lipinski definition) is 4. The number of amides is 1. The second kappa shape index (κ2) is 10.3. The number of benzene rings is 2. The largest absolute Gasteiger partial charge is 0.494 e. The molecule has 1 atom stereocenters. The Hall–Kier alpha value is -2.60. The van der Waals surface area contributed by atoms with E-state index in [9.17, 15) is 4.79 Å². The number of carbonyl (C=O) groups excluding carboxylic acids is 1. The van der Waals surface area contributed by atoms with Gasteiger partial charge in [-0.25, -0.2) is 0 Å². The Morgan fingerprint density at radius 3 is 2.72 bits per heavy atom. The molecular formula is C23H29N3O2S. The van der Waals surface area contributed by atoms with Gasteiger partial charge in [-0.15, -0.1) is 0 Å². The van der Waals surface area contributed by atoms with Crippen LogP contribution < -0.4 is 20.3 Å². The van der Waals surface area contributed by atoms with Crippen molar-refractivity contribution >= 4 is 34.6 Å². The maximum atomic E-state index is 12.5. The summed E-state index contributed by atoms with van der Waals surface area (Å²) in [6, 6.07) is 15.9. The van der Waals surface area contributed by atoms with Crippen molar-refractivity contribution in [3.63, 3.8) is 0 Å². The number of rotatable bonds is 6. The summed E-state index contributed by atoms with van der Waals surface area (Å²) in [4.78, 5) is 14.9. The van der Waals surface area contributed by atoms with Gasteiger partial charge in [-0.1, -0.05) is 13.0 Å². The van der Waals surface area contributed by atoms with Crippen molar-refractivity contribution in [3.8, 4) is 5.75 Å². The van der Waals surface area contributed by atoms with Crippen LogP contribution in [0.25, 0.3) is 0 Å². The molecule has 2 aromatic rings. The minimum Gasteiger partial charge on any atom is -0.494 e. The molecule has 0 radical (unpaired) electrons. The van der Waals surface area contributed by atoms with Gasteiger partial charge < -0.3 is 15.0 Å². The lowest BCUT2D eigenvalue weighted by atomic mass is 10.0. The molecule has 0 aromatic heterocycles. The second-order valence-electron chi connectivity index (χ2n) is 7.37. The van der Waals surface area contributed by atoms with Crippen molar-refractivity contribution in [2.75, 3.05) is 23.4 Å². The molecule has 1 saturated heterocycles. The van der Waals surface area contributed by atoms with Gasteiger partial charge in [-0.05, 0) is 87.3 Å². The van der Waals surface area contributed by atoms with Gasteiger partial charge in [0, 0.05) is 29.5 Å². The molecule has 1 aliphatic heterocycles. The standard InChI is InChI=1S/C23H29N3O2S/c1-3-15-28-21-9-6-8-18(16-21)22(27)25-23(29)24-19-10-12-20(13-11-19)26-14-5-4-7-17(26)2/h6,8-13,16-17H,3-5,7,14-15H2,1-2H3,(H2,24,25,27,29). The molecule has 3 rings (SSSR count). The molecule has 6 heteroatoms. The van der Waals surface area contributed by atoms with Crippen molar-refractivity contribution < 1.29 is 9.53 Å². The van der Waals surface area contributed by atoms with Gasteiger partial charge in [-0.3, -0.25) is 10.1 Å². The van der Waals surface area contributed by atoms with Crippen molar-refractivity contribution in [1.82, 2.24) is 5.32 Å². The Labute approximate surface area is 178 Å². The molecule has 1 heterocycles. The molecule has 1 unspecified atom stereocenters. The Kier molecular flexibility index (Phi) is 7.47. The molecular weight excluding hydrogens is 382 g/mol. The van der Waals surface area contributed by atoms with E-state index in [1.807, 2.05) is 25.1 Å². The summed E-state index contributed by atoms with van der Waals surface area (Å²) in [5.74, 6) is 0.420. The Morgan fingerprint density at radius 2 is 2.00 bits per heavy atom. The molecule has 1 amide bonds. The van der Waals surface area contributed by atoms with E-state index in [4.69, 9.17) is 17.0 Å². The van der Waals surface area contributed by atoms with E-state index in [0.29, 0.717) is 24.0 Å². The SMILES string of the molecule is CCCOc1cccc(C(=O)NC(=S)Nc2ccc(N3CCCCC3C)cc2)c1. The van der Waals surface area contributed by atoms with E-state index in [-0.39, 0.29) is 11.0 Å². The number of carbonyl (C=O) groups is 1. The topological polar surface area (TPSA) is 53.6 Å². The molecule has 29 heavy (non-hydrogen) atoms. The van der Waals surface area contributed by atoms with Gasteiger partial charge >= 0.3 is 0 Å². The average Bonchev–Trinajstić information content (AvgIpc) is 2.73. The highest BCUT2D eigenvalue weighted by Crippen LogP contribution is 2.25. The number of nitrogens with zero attached hydrogens (tertiary/aromatic N) is 1. The Morgan fingerprint density at radius 1 is 1.21 bits per heavy atom. The van der Waals surface area contributed by atoms with Crippen LogP contribution in [0, 0.1) is 0 Å². The third kappa shape index (κ3) is 5.94. The van der Waals surface area contributed by atoms with E-state index >= 15 is 0 Å². The number of piperidine rings is 1. The maximum Gasteiger partial charge on any atom is 0.257 e. The van der Waals surface area contributed by atoms with Crippen LogP contribution in [0.15, 0.2) is 48.5 Å². The number of anilines is 2. The van der Waals surface area contributed by atoms with Gasteiger partial charge in [0.15, 0.2) is 5.11 Å². The number of ether oxygens (including phenoxy) is 1. The molecule has 0 spiro atoms. The summed E-state index contributed by atoms with van der Waals surface area (Å²) < 4.78 is 5.58. The molecule has 0 saturated carbocycles. The van der Waals surface area contributed by atoms with E-state index < -0.39 is 0 Å². The highest BCUT2D eigenvalue weighted by atomic mass is 32.1. The summed E-state index contributed by atoms with van der Waals surface area (Å²) >= 11 is 5.31. The highest BCUT2D eigenvalue weighted by molar-refractivity contribution is 7.80. The lowest BCUT2D eigenvalue weighted by Gasteiger charge is -2.35. The zero-order chi connectivity index (χ0) is 20.6. The van der Waals surface area contributed by atoms with Gasteiger partial charge in [0.05, 0.1) is 6.61 Å². The van der Waals surface area contributed by atoms with Gasteiger partial charge in [0.25, 0.3) is 5.91 Å². The summed E-state index contributed by atoms with van der Waals surface area (Å²) in [5, 5.41) is 6.08. The van der Waals surface area contributed by atoms with Gasteiger partial charge in [-0.2, -0.15) is 0 Å². The molecule has 0 aliphatic carbocycles. The number of hydrogen-bond donors (Lipinski definition) is 2. The van der Waals surface area contributed by atoms with Gasteiger partial charge in [0.1, 0.15) is 5.75 Å². The number of thiocarbonyl (C=S) groups is 1. The molecule has 2 N–H and O–H groups in total. The van der Waals surface area contributed by atoms with Crippen molar-refractivity contribution in [1.29, 1.82) is 0 Å². The normalized spacial score (nSPS) is 16.2. The smallest absolute Gasteiger partial charge is 0.257 e. The number of nitrogens with one attached hydrogen (secondary N) is 2. The zero-order valence-electron chi connectivity index (χ0n) is 17.1. The van der Waals surface area contributed by atoms with Crippen LogP contribution in [-0.4, -0.2) is 30.2 Å². The average molecular weight is 412 g/mol. The van der Waals surface area contributed by atoms with Crippen LogP contribution in [0.5, 0.6) is 5.75 Å². The Balaban J connectivity index is 1.55. The molecule has 0 bridgehead atoms. The molecule has 5 nitrogen and oxygen atoms in total. The lowest BCUT2D eigenvalue weighted by Crippen LogP contribution is -2.37. The quantitative estimate of drug-likeness (QED) is 0.657. The van der Waals surface area contributed by atoms with Crippen LogP contribution in [0.1, 0.15) is 49.9 Å². The molecule has 2 aromatic carbocycles. The summed E-state index contributed by atoms with van der Waals surface area (Å²) in [7, 11) is 0. The summed E-state index contributed by atoms with van der Waals surface area (Å²) in [6.07, 6.45) is 4.70. The first-order valence-electron chi connectivity index (χ1n) is 10.3. The van der Waals surface area contributed by atoms with Crippen LogP contribution in [0.4, 0.5) is 11.4 Å². The van der Waals surface area contributed by atoms with E-state index in [0.717, 1.165) is 18.7 Å². The van der Waals surface area contributed by atoms with Crippen LogP contribution >= 0.6 is 12.2 Å². The highest BCUT2D eigenvalue weighted by Gasteiger charge is 2.18. The second-order valence-corrected chi connectivity index (χ2v) is 7.78. The predicted molar refractivity (Wildman–Crippen MR) is 123 cm³/mol. The minimum absolute atomic E-state index is 0.261. The van der Waals surface area contributed by atoms with Crippen LogP contribution in [0.3, 0.4) is 0 Å². The maximum absolute atomic E-state index is 12.5. The first-order chi connectivity index (χ1) is 14.1. The van der Waals surface area contributed by atoms with Gasteiger partial charge in [0.2, 0.25) is 0 Å². The van der Waals surface area contributed by atoms with Crippen molar-refractivity contribution in [2.24, 2.45) is 0 Å². The predicted octanol–water partition coefficient (Wildman–Crippen LogP) is 4.98. The fourth-order valence-electron chi connectivity index (χ4n) is 3.50. The van der Waals surface area contributed by atoms with Crippen molar-refractivity contribution in [3.05, 3.63) is 54.1 Å². The molecule has 154 valence electrons. The summed E-state index contributed by atoms with van der Waals surface area (Å²) in [6.45, 7) is 6.04. The van der Waals surface area contributed by atoms with E-state index in [1.165, 1.54) is 24.9 Å². The molecule has 1 fully saturated rings. The first kappa shape index (κ1) is 21.1. The van der Waals surface area contributed by atoms with Crippen LogP contribution in [-0.2, 0) is 0 Å². The Bertz CT molecular complexity index is 838. The first-order valence-corrected chi connectivity index (χ1v) is 10.7. The summed E-state index contributed by atoms with van der Waals surface area (Å²) in [5.41, 5.74) is 2.59. The fourth-order valence-corrected chi connectivity index (χ4v) is 3.71. The molecule has 1 aliphatic rings. The van der Waals surface area contributed by atoms with E-state index in [1.54, 1.807) is 18.2 Å². The van der Waals surface area contributed by atoms with E-state index in [2.05, 4.69) is 34.6 Å². The monoisotopic (exact) mass is 411 g/mol. The fraction of sp³-hybridized carbons (Fsp3) is 0.391. The lowest BCUT2D eigenvalue weighted by molar-refractivity contribution is 0.0977. The third-order valence-electron chi connectivity index (χ3n) is 5.06.